The third-order valence-electron chi connectivity index (χ3n) is 4.87. The summed E-state index contributed by atoms with van der Waals surface area (Å²) in [7, 11) is 0. The van der Waals surface area contributed by atoms with Gasteiger partial charge in [0.1, 0.15) is 0 Å². The molecular formula is C21H43NO2. The summed E-state index contributed by atoms with van der Waals surface area (Å²) in [6, 6.07) is -0.480. The molecule has 3 nitrogen and oxygen atoms in total. The fraction of sp³-hybridized carbons (Fsp3) is 0.905. The molecular weight excluding hydrogens is 298 g/mol. The van der Waals surface area contributed by atoms with Crippen LogP contribution in [-0.2, 0) is 0 Å². The first kappa shape index (κ1) is 23.6. The summed E-state index contributed by atoms with van der Waals surface area (Å²) in [6.45, 7) is 6.33. The molecule has 0 bridgehead atoms. The fourth-order valence-corrected chi connectivity index (χ4v) is 3.05. The molecule has 0 radical (unpaired) electrons. The summed E-state index contributed by atoms with van der Waals surface area (Å²) >= 11 is 0. The van der Waals surface area contributed by atoms with Crippen molar-refractivity contribution < 1.29 is 10.2 Å². The summed E-state index contributed by atoms with van der Waals surface area (Å²) in [5.41, 5.74) is 7.03. The van der Waals surface area contributed by atoms with Crippen molar-refractivity contribution in [1.82, 2.24) is 0 Å². The van der Waals surface area contributed by atoms with Crippen LogP contribution in [0.2, 0.25) is 0 Å². The van der Waals surface area contributed by atoms with Crippen LogP contribution in [0.1, 0.15) is 103 Å². The van der Waals surface area contributed by atoms with Crippen LogP contribution < -0.4 is 5.73 Å². The van der Waals surface area contributed by atoms with Gasteiger partial charge in [0.25, 0.3) is 0 Å². The summed E-state index contributed by atoms with van der Waals surface area (Å²) in [4.78, 5) is 0. The second-order valence-corrected chi connectivity index (χ2v) is 7.34. The average Bonchev–Trinajstić information content (AvgIpc) is 2.59. The van der Waals surface area contributed by atoms with Crippen LogP contribution in [0.25, 0.3) is 0 Å². The molecule has 0 heterocycles. The SMILES string of the molecule is C=C(CCCCCC)CCCCCCCCCCC(O)C(N)CO. The number of allylic oxidation sites excluding steroid dienone is 1. The Bertz CT molecular complexity index is 281. The molecule has 0 saturated heterocycles. The van der Waals surface area contributed by atoms with E-state index in [0.717, 1.165) is 12.8 Å². The standard InChI is InChI=1S/C21H43NO2/c1-3-4-5-12-15-19(2)16-13-10-8-6-7-9-11-14-17-21(24)20(22)18-23/h20-21,23-24H,2-18,22H2,1H3. The van der Waals surface area contributed by atoms with Crippen LogP contribution >= 0.6 is 0 Å². The Balaban J connectivity index is 3.24. The molecule has 0 aromatic rings. The van der Waals surface area contributed by atoms with Gasteiger partial charge in [0.15, 0.2) is 0 Å². The highest BCUT2D eigenvalue weighted by molar-refractivity contribution is 4.93. The van der Waals surface area contributed by atoms with Gasteiger partial charge in [-0.2, -0.15) is 0 Å². The van der Waals surface area contributed by atoms with Gasteiger partial charge < -0.3 is 15.9 Å². The highest BCUT2D eigenvalue weighted by Gasteiger charge is 2.12. The van der Waals surface area contributed by atoms with Crippen molar-refractivity contribution in [3.8, 4) is 0 Å². The van der Waals surface area contributed by atoms with E-state index < -0.39 is 12.1 Å². The lowest BCUT2D eigenvalue weighted by molar-refractivity contribution is 0.0990. The van der Waals surface area contributed by atoms with E-state index in [1.807, 2.05) is 0 Å². The van der Waals surface area contributed by atoms with Gasteiger partial charge in [0, 0.05) is 0 Å². The van der Waals surface area contributed by atoms with Crippen LogP contribution in [0.3, 0.4) is 0 Å². The monoisotopic (exact) mass is 341 g/mol. The lowest BCUT2D eigenvalue weighted by atomic mass is 10.0. The molecule has 144 valence electrons. The zero-order valence-electron chi connectivity index (χ0n) is 16.1. The van der Waals surface area contributed by atoms with E-state index in [0.29, 0.717) is 6.42 Å². The predicted octanol–water partition coefficient (Wildman–Crippen LogP) is 5.09. The van der Waals surface area contributed by atoms with Crippen molar-refractivity contribution in [2.45, 2.75) is 115 Å². The van der Waals surface area contributed by atoms with Gasteiger partial charge in [0.2, 0.25) is 0 Å². The Hall–Kier alpha value is -0.380. The maximum Gasteiger partial charge on any atom is 0.0713 e. The Kier molecular flexibility index (Phi) is 17.2. The summed E-state index contributed by atoms with van der Waals surface area (Å²) in [6.07, 6.45) is 17.9. The van der Waals surface area contributed by atoms with E-state index in [4.69, 9.17) is 10.8 Å². The smallest absolute Gasteiger partial charge is 0.0713 e. The van der Waals surface area contributed by atoms with Crippen molar-refractivity contribution >= 4 is 0 Å². The lowest BCUT2D eigenvalue weighted by Gasteiger charge is -2.15. The number of rotatable bonds is 18. The lowest BCUT2D eigenvalue weighted by Crippen LogP contribution is -2.37. The number of aliphatic hydroxyl groups excluding tert-OH is 2. The zero-order valence-corrected chi connectivity index (χ0v) is 16.1. The maximum atomic E-state index is 9.65. The maximum absolute atomic E-state index is 9.65. The van der Waals surface area contributed by atoms with Crippen LogP contribution in [0, 0.1) is 0 Å². The van der Waals surface area contributed by atoms with E-state index in [1.165, 1.54) is 82.6 Å². The average molecular weight is 342 g/mol. The second-order valence-electron chi connectivity index (χ2n) is 7.34. The van der Waals surface area contributed by atoms with Crippen LogP contribution in [0.4, 0.5) is 0 Å². The van der Waals surface area contributed by atoms with Crippen molar-refractivity contribution in [2.75, 3.05) is 6.61 Å². The molecule has 0 rings (SSSR count). The van der Waals surface area contributed by atoms with Crippen LogP contribution in [0.5, 0.6) is 0 Å². The number of nitrogens with two attached hydrogens (primary N) is 1. The topological polar surface area (TPSA) is 66.5 Å². The molecule has 0 aliphatic heterocycles. The van der Waals surface area contributed by atoms with Gasteiger partial charge in [-0.1, -0.05) is 83.3 Å². The number of aliphatic hydroxyl groups is 2. The van der Waals surface area contributed by atoms with Crippen molar-refractivity contribution in [2.24, 2.45) is 5.73 Å². The molecule has 0 amide bonds. The molecule has 0 saturated carbocycles. The highest BCUT2D eigenvalue weighted by Crippen LogP contribution is 2.17. The molecule has 0 aromatic carbocycles. The highest BCUT2D eigenvalue weighted by atomic mass is 16.3. The van der Waals surface area contributed by atoms with Crippen molar-refractivity contribution in [3.63, 3.8) is 0 Å². The molecule has 0 aliphatic carbocycles. The fourth-order valence-electron chi connectivity index (χ4n) is 3.05. The molecule has 0 fully saturated rings. The van der Waals surface area contributed by atoms with Crippen molar-refractivity contribution in [1.29, 1.82) is 0 Å². The van der Waals surface area contributed by atoms with E-state index in [9.17, 15) is 5.11 Å². The quantitative estimate of drug-likeness (QED) is 0.240. The van der Waals surface area contributed by atoms with Gasteiger partial charge >= 0.3 is 0 Å². The van der Waals surface area contributed by atoms with E-state index in [2.05, 4.69) is 13.5 Å². The van der Waals surface area contributed by atoms with Crippen molar-refractivity contribution in [3.05, 3.63) is 12.2 Å². The molecule has 24 heavy (non-hydrogen) atoms. The molecule has 4 N–H and O–H groups in total. The largest absolute Gasteiger partial charge is 0.395 e. The normalized spacial score (nSPS) is 13.8. The van der Waals surface area contributed by atoms with Crippen LogP contribution in [-0.4, -0.2) is 29.0 Å². The third-order valence-corrected chi connectivity index (χ3v) is 4.87. The van der Waals surface area contributed by atoms with Gasteiger partial charge in [-0.25, -0.2) is 0 Å². The summed E-state index contributed by atoms with van der Waals surface area (Å²) in [5, 5.41) is 18.5. The Morgan fingerprint density at radius 3 is 1.79 bits per heavy atom. The van der Waals surface area contributed by atoms with E-state index in [-0.39, 0.29) is 6.61 Å². The molecule has 2 unspecified atom stereocenters. The first-order valence-electron chi connectivity index (χ1n) is 10.3. The molecule has 3 heteroatoms. The van der Waals surface area contributed by atoms with E-state index in [1.54, 1.807) is 0 Å². The van der Waals surface area contributed by atoms with Gasteiger partial charge in [-0.05, 0) is 32.1 Å². The first-order valence-corrected chi connectivity index (χ1v) is 10.3. The zero-order chi connectivity index (χ0) is 18.0. The summed E-state index contributed by atoms with van der Waals surface area (Å²) < 4.78 is 0. The number of hydrogen-bond acceptors (Lipinski definition) is 3. The Labute approximate surface area is 150 Å². The molecule has 2 atom stereocenters. The van der Waals surface area contributed by atoms with Gasteiger partial charge in [0.05, 0.1) is 18.8 Å². The molecule has 0 spiro atoms. The summed E-state index contributed by atoms with van der Waals surface area (Å²) in [5.74, 6) is 0. The third kappa shape index (κ3) is 15.2. The number of hydrogen-bond donors (Lipinski definition) is 3. The number of unbranched alkanes of at least 4 members (excludes halogenated alkanes) is 10. The minimum Gasteiger partial charge on any atom is -0.395 e. The first-order chi connectivity index (χ1) is 11.6. The molecule has 0 aliphatic rings. The van der Waals surface area contributed by atoms with E-state index >= 15 is 0 Å². The van der Waals surface area contributed by atoms with Gasteiger partial charge in [-0.3, -0.25) is 0 Å². The predicted molar refractivity (Wildman–Crippen MR) is 105 cm³/mol. The van der Waals surface area contributed by atoms with Crippen LogP contribution in [0.15, 0.2) is 12.2 Å². The molecule has 0 aromatic heterocycles. The Morgan fingerprint density at radius 1 is 0.833 bits per heavy atom. The second kappa shape index (κ2) is 17.4. The van der Waals surface area contributed by atoms with Gasteiger partial charge in [-0.15, -0.1) is 0 Å². The minimum atomic E-state index is -0.551. The Morgan fingerprint density at radius 2 is 1.29 bits per heavy atom. The minimum absolute atomic E-state index is 0.133.